The number of nitrogens with two attached hydrogens (primary N) is 1. The van der Waals surface area contributed by atoms with Gasteiger partial charge in [0.15, 0.2) is 11.6 Å². The molecule has 1 aliphatic heterocycles. The molecule has 0 amide bonds. The van der Waals surface area contributed by atoms with Crippen LogP contribution in [0.1, 0.15) is 36.3 Å². The largest absolute Gasteiger partial charge is 0.384 e. The average Bonchev–Trinajstić information content (AvgIpc) is 3.29. The van der Waals surface area contributed by atoms with Crippen LogP contribution in [-0.4, -0.2) is 16.0 Å². The lowest BCUT2D eigenvalue weighted by atomic mass is 9.74. The molecule has 3 N–H and O–H groups in total. The van der Waals surface area contributed by atoms with Gasteiger partial charge in [-0.15, -0.1) is 0 Å². The number of Topliss-reactive ketones (excluding diaryl/α,β-unsaturated/α-hetero) is 1. The first-order valence-corrected chi connectivity index (χ1v) is 10.7. The van der Waals surface area contributed by atoms with Crippen molar-refractivity contribution in [2.75, 3.05) is 4.90 Å². The summed E-state index contributed by atoms with van der Waals surface area (Å²) in [6.07, 6.45) is 1.93. The predicted octanol–water partition coefficient (Wildman–Crippen LogP) is 4.69. The maximum Gasteiger partial charge on any atom is 0.161 e. The Bertz CT molecular complexity index is 1310. The van der Waals surface area contributed by atoms with Gasteiger partial charge in [-0.05, 0) is 36.5 Å². The number of nitrogens with one attached hydrogen (secondary N) is 1. The Morgan fingerprint density at radius 3 is 2.62 bits per heavy atom. The number of aryl methyl sites for hydroxylation is 1. The molecule has 1 unspecified atom stereocenters. The van der Waals surface area contributed by atoms with E-state index in [0.717, 1.165) is 34.5 Å². The number of aromatic amines is 1. The molecule has 0 saturated carbocycles. The van der Waals surface area contributed by atoms with E-state index in [4.69, 9.17) is 5.73 Å². The summed E-state index contributed by atoms with van der Waals surface area (Å²) in [6.45, 7) is 2.00. The number of H-pyrrole nitrogens is 1. The molecule has 5 rings (SSSR count). The molecule has 32 heavy (non-hydrogen) atoms. The van der Waals surface area contributed by atoms with Crippen molar-refractivity contribution in [3.8, 4) is 17.3 Å². The second-order valence-electron chi connectivity index (χ2n) is 8.18. The molecule has 1 atom stereocenters. The zero-order valence-electron chi connectivity index (χ0n) is 17.8. The highest BCUT2D eigenvalue weighted by Crippen LogP contribution is 2.46. The van der Waals surface area contributed by atoms with E-state index < -0.39 is 5.92 Å². The fourth-order valence-electron chi connectivity index (χ4n) is 4.76. The van der Waals surface area contributed by atoms with Crippen molar-refractivity contribution < 1.29 is 4.79 Å². The zero-order chi connectivity index (χ0) is 22.2. The number of nitriles is 1. The van der Waals surface area contributed by atoms with E-state index in [1.54, 1.807) is 4.90 Å². The van der Waals surface area contributed by atoms with Crippen molar-refractivity contribution in [2.24, 2.45) is 5.73 Å². The van der Waals surface area contributed by atoms with Crippen molar-refractivity contribution in [3.63, 3.8) is 0 Å². The van der Waals surface area contributed by atoms with Gasteiger partial charge in [0.2, 0.25) is 0 Å². The molecule has 0 spiro atoms. The van der Waals surface area contributed by atoms with Crippen LogP contribution < -0.4 is 10.6 Å². The van der Waals surface area contributed by atoms with E-state index in [9.17, 15) is 10.1 Å². The molecular formula is C26H23N5O. The number of anilines is 1. The molecule has 0 saturated heterocycles. The van der Waals surface area contributed by atoms with E-state index in [1.165, 1.54) is 0 Å². The molecular weight excluding hydrogens is 398 g/mol. The molecule has 6 heteroatoms. The minimum atomic E-state index is -0.451. The summed E-state index contributed by atoms with van der Waals surface area (Å²) in [7, 11) is 0. The molecule has 2 heterocycles. The van der Waals surface area contributed by atoms with Crippen LogP contribution in [-0.2, 0) is 4.79 Å². The summed E-state index contributed by atoms with van der Waals surface area (Å²) in [5.41, 5.74) is 12.3. The van der Waals surface area contributed by atoms with E-state index in [2.05, 4.69) is 16.3 Å². The number of rotatable bonds is 3. The smallest absolute Gasteiger partial charge is 0.161 e. The van der Waals surface area contributed by atoms with Gasteiger partial charge >= 0.3 is 0 Å². The highest BCUT2D eigenvalue weighted by molar-refractivity contribution is 6.01. The minimum absolute atomic E-state index is 0.0728. The summed E-state index contributed by atoms with van der Waals surface area (Å²) in [5.74, 6) is 0.538. The third-order valence-corrected chi connectivity index (χ3v) is 6.29. The number of hydrogen-bond acceptors (Lipinski definition) is 5. The lowest BCUT2D eigenvalue weighted by Crippen LogP contribution is -2.39. The Morgan fingerprint density at radius 2 is 1.88 bits per heavy atom. The summed E-state index contributed by atoms with van der Waals surface area (Å²) in [4.78, 5) is 15.0. The topological polar surface area (TPSA) is 98.8 Å². The number of aromatic nitrogens is 2. The van der Waals surface area contributed by atoms with E-state index in [-0.39, 0.29) is 5.78 Å². The van der Waals surface area contributed by atoms with Crippen molar-refractivity contribution >= 4 is 11.6 Å². The van der Waals surface area contributed by atoms with Crippen LogP contribution in [0.5, 0.6) is 0 Å². The molecule has 0 fully saturated rings. The van der Waals surface area contributed by atoms with Crippen LogP contribution in [0.4, 0.5) is 5.82 Å². The average molecular weight is 422 g/mol. The number of benzene rings is 2. The SMILES string of the molecule is Cc1ccccc1C1C(C#N)=C(N)N(c2cc(-c3ccccc3)[nH]n2)C2=C1C(=O)CCC2. The Morgan fingerprint density at radius 1 is 1.12 bits per heavy atom. The van der Waals surface area contributed by atoms with Crippen molar-refractivity contribution in [1.29, 1.82) is 5.26 Å². The van der Waals surface area contributed by atoms with E-state index in [0.29, 0.717) is 35.6 Å². The number of allylic oxidation sites excluding steroid dienone is 3. The highest BCUT2D eigenvalue weighted by Gasteiger charge is 2.41. The third kappa shape index (κ3) is 3.10. The van der Waals surface area contributed by atoms with Gasteiger partial charge in [0.1, 0.15) is 5.82 Å². The molecule has 6 nitrogen and oxygen atoms in total. The molecule has 1 aromatic heterocycles. The van der Waals surface area contributed by atoms with E-state index in [1.807, 2.05) is 67.6 Å². The van der Waals surface area contributed by atoms with Gasteiger partial charge in [0.25, 0.3) is 0 Å². The maximum atomic E-state index is 13.2. The van der Waals surface area contributed by atoms with Gasteiger partial charge in [-0.2, -0.15) is 10.4 Å². The highest BCUT2D eigenvalue weighted by atomic mass is 16.1. The van der Waals surface area contributed by atoms with Gasteiger partial charge in [0, 0.05) is 23.8 Å². The van der Waals surface area contributed by atoms with Gasteiger partial charge in [-0.1, -0.05) is 54.6 Å². The van der Waals surface area contributed by atoms with Gasteiger partial charge < -0.3 is 5.73 Å². The Hall–Kier alpha value is -4.11. The maximum absolute atomic E-state index is 13.2. The molecule has 0 radical (unpaired) electrons. The van der Waals surface area contributed by atoms with Crippen LogP contribution in [0.25, 0.3) is 11.3 Å². The second-order valence-corrected chi connectivity index (χ2v) is 8.18. The van der Waals surface area contributed by atoms with Crippen molar-refractivity contribution in [2.45, 2.75) is 32.1 Å². The van der Waals surface area contributed by atoms with Crippen LogP contribution in [0.3, 0.4) is 0 Å². The summed E-state index contributed by atoms with van der Waals surface area (Å²) < 4.78 is 0. The van der Waals surface area contributed by atoms with Crippen molar-refractivity contribution in [1.82, 2.24) is 10.2 Å². The fraction of sp³-hybridized carbons (Fsp3) is 0.192. The minimum Gasteiger partial charge on any atom is -0.384 e. The van der Waals surface area contributed by atoms with Crippen LogP contribution in [0.2, 0.25) is 0 Å². The number of carbonyl (C=O) groups excluding carboxylic acids is 1. The van der Waals surface area contributed by atoms with Crippen molar-refractivity contribution in [3.05, 3.63) is 94.5 Å². The van der Waals surface area contributed by atoms with E-state index >= 15 is 0 Å². The Kier molecular flexibility index (Phi) is 4.87. The number of carbonyl (C=O) groups is 1. The summed E-state index contributed by atoms with van der Waals surface area (Å²) in [6, 6.07) is 22.0. The molecule has 158 valence electrons. The number of hydrogen-bond donors (Lipinski definition) is 2. The monoisotopic (exact) mass is 421 g/mol. The first-order chi connectivity index (χ1) is 15.6. The predicted molar refractivity (Wildman–Crippen MR) is 123 cm³/mol. The fourth-order valence-corrected chi connectivity index (χ4v) is 4.76. The molecule has 2 aromatic carbocycles. The lowest BCUT2D eigenvalue weighted by molar-refractivity contribution is -0.116. The van der Waals surface area contributed by atoms with Gasteiger partial charge in [-0.25, -0.2) is 0 Å². The molecule has 3 aromatic rings. The normalized spacial score (nSPS) is 18.6. The van der Waals surface area contributed by atoms with Gasteiger partial charge in [-0.3, -0.25) is 14.8 Å². The number of nitrogens with zero attached hydrogens (tertiary/aromatic N) is 3. The van der Waals surface area contributed by atoms with Crippen LogP contribution in [0, 0.1) is 18.3 Å². The molecule has 0 bridgehead atoms. The second kappa shape index (κ2) is 7.86. The number of ketones is 1. The van der Waals surface area contributed by atoms with Crippen LogP contribution in [0.15, 0.2) is 83.3 Å². The molecule has 1 aliphatic carbocycles. The summed E-state index contributed by atoms with van der Waals surface area (Å²) >= 11 is 0. The lowest BCUT2D eigenvalue weighted by Gasteiger charge is -2.38. The Balaban J connectivity index is 1.69. The first kappa shape index (κ1) is 19.8. The quantitative estimate of drug-likeness (QED) is 0.639. The summed E-state index contributed by atoms with van der Waals surface area (Å²) in [5, 5.41) is 17.7. The van der Waals surface area contributed by atoms with Gasteiger partial charge in [0.05, 0.1) is 23.3 Å². The third-order valence-electron chi connectivity index (χ3n) is 6.29. The van der Waals surface area contributed by atoms with Crippen LogP contribution >= 0.6 is 0 Å². The molecule has 2 aliphatic rings. The Labute approximate surface area is 186 Å². The standard InChI is InChI=1S/C26H23N5O/c1-16-8-5-6-11-18(16)24-19(15-27)26(28)31(21-12-7-13-22(32)25(21)24)23-14-20(29-30-23)17-9-3-2-4-10-17/h2-6,8-11,14,24H,7,12-13,28H2,1H3,(H,29,30). The first-order valence-electron chi connectivity index (χ1n) is 10.7. The zero-order valence-corrected chi connectivity index (χ0v) is 17.8.